The number of aromatic hydroxyl groups is 2. The van der Waals surface area contributed by atoms with Crippen LogP contribution in [0.5, 0.6) is 11.5 Å². The minimum absolute atomic E-state index is 0.141. The molecule has 232 valence electrons. The average molecular weight is 606 g/mol. The molecule has 0 atom stereocenters. The highest BCUT2D eigenvalue weighted by Crippen LogP contribution is 2.25. The highest BCUT2D eigenvalue weighted by atomic mass is 19.1. The number of ether oxygens (including phenoxy) is 2. The molecule has 0 fully saturated rings. The first-order chi connectivity index (χ1) is 21.5. The van der Waals surface area contributed by atoms with Gasteiger partial charge in [-0.05, 0) is 53.9 Å². The van der Waals surface area contributed by atoms with Crippen molar-refractivity contribution in [3.05, 3.63) is 95.3 Å². The molecule has 0 spiro atoms. The van der Waals surface area contributed by atoms with Crippen LogP contribution >= 0.6 is 0 Å². The Hall–Kier alpha value is -5.01. The highest BCUT2D eigenvalue weighted by molar-refractivity contribution is 5.94. The first-order valence-electron chi connectivity index (χ1n) is 14.2. The van der Waals surface area contributed by atoms with E-state index in [4.69, 9.17) is 9.47 Å². The molecule has 4 rings (SSSR count). The number of phenols is 2. The molecule has 0 saturated carbocycles. The number of hydrogen-bond acceptors (Lipinski definition) is 11. The number of halogens is 1. The summed E-state index contributed by atoms with van der Waals surface area (Å²) in [5.74, 6) is 0.110. The second-order valence-electron chi connectivity index (χ2n) is 9.56. The lowest BCUT2D eigenvalue weighted by Gasteiger charge is -2.12. The number of anilines is 3. The van der Waals surface area contributed by atoms with Crippen molar-refractivity contribution in [3.8, 4) is 11.5 Å². The van der Waals surface area contributed by atoms with Gasteiger partial charge in [0.15, 0.2) is 11.5 Å². The van der Waals surface area contributed by atoms with Crippen molar-refractivity contribution < 1.29 is 28.9 Å². The molecule has 1 aromatic heterocycles. The smallest absolute Gasteiger partial charge is 0.251 e. The Morgan fingerprint density at radius 3 is 2.07 bits per heavy atom. The molecular weight excluding hydrogens is 569 g/mol. The lowest BCUT2D eigenvalue weighted by atomic mass is 10.1. The average Bonchev–Trinajstić information content (AvgIpc) is 3.03. The maximum atomic E-state index is 13.6. The van der Waals surface area contributed by atoms with E-state index in [1.165, 1.54) is 24.3 Å². The molecule has 1 heterocycles. The molecule has 0 radical (unpaired) electrons. The topological polar surface area (TPSA) is 163 Å². The van der Waals surface area contributed by atoms with Gasteiger partial charge in [-0.15, -0.1) is 0 Å². The summed E-state index contributed by atoms with van der Waals surface area (Å²) in [5, 5.41) is 31.4. The van der Waals surface area contributed by atoms with Gasteiger partial charge in [-0.2, -0.15) is 15.0 Å². The number of amides is 1. The number of aromatic nitrogens is 3. The van der Waals surface area contributed by atoms with E-state index >= 15 is 0 Å². The summed E-state index contributed by atoms with van der Waals surface area (Å²) in [5.41, 5.74) is 2.16. The number of benzene rings is 3. The van der Waals surface area contributed by atoms with Crippen molar-refractivity contribution in [1.82, 2.24) is 20.3 Å². The van der Waals surface area contributed by atoms with Gasteiger partial charge in [-0.1, -0.05) is 36.4 Å². The van der Waals surface area contributed by atoms with E-state index < -0.39 is 0 Å². The van der Waals surface area contributed by atoms with Crippen molar-refractivity contribution in [2.75, 3.05) is 62.0 Å². The minimum atomic E-state index is -0.329. The third kappa shape index (κ3) is 11.0. The number of phenolic OH excluding ortho intramolecular Hbond substituents is 2. The van der Waals surface area contributed by atoms with Crippen LogP contribution < -0.4 is 21.3 Å². The monoisotopic (exact) mass is 605 g/mol. The van der Waals surface area contributed by atoms with Crippen molar-refractivity contribution in [3.63, 3.8) is 0 Å². The lowest BCUT2D eigenvalue weighted by Crippen LogP contribution is -2.27. The molecule has 4 aromatic rings. The zero-order valence-corrected chi connectivity index (χ0v) is 24.1. The van der Waals surface area contributed by atoms with Gasteiger partial charge < -0.3 is 41.0 Å². The van der Waals surface area contributed by atoms with Gasteiger partial charge in [0.25, 0.3) is 5.91 Å². The largest absolute Gasteiger partial charge is 0.504 e. The summed E-state index contributed by atoms with van der Waals surface area (Å²) >= 11 is 0. The normalized spacial score (nSPS) is 10.8. The van der Waals surface area contributed by atoms with Gasteiger partial charge in [0.1, 0.15) is 5.82 Å². The van der Waals surface area contributed by atoms with Crippen molar-refractivity contribution in [1.29, 1.82) is 0 Å². The van der Waals surface area contributed by atoms with Gasteiger partial charge >= 0.3 is 0 Å². The van der Waals surface area contributed by atoms with E-state index in [2.05, 4.69) is 36.2 Å². The zero-order valence-electron chi connectivity index (χ0n) is 24.1. The maximum absolute atomic E-state index is 13.6. The molecule has 6 N–H and O–H groups in total. The van der Waals surface area contributed by atoms with E-state index in [1.54, 1.807) is 30.3 Å². The molecule has 0 bridgehead atoms. The Labute approximate surface area is 254 Å². The van der Waals surface area contributed by atoms with Gasteiger partial charge in [0.05, 0.1) is 26.4 Å². The molecule has 0 aliphatic heterocycles. The van der Waals surface area contributed by atoms with Crippen molar-refractivity contribution in [2.45, 2.75) is 13.0 Å². The van der Waals surface area contributed by atoms with Crippen LogP contribution in [0, 0.1) is 5.82 Å². The van der Waals surface area contributed by atoms with Gasteiger partial charge in [0.2, 0.25) is 17.8 Å². The molecule has 12 nitrogen and oxygen atoms in total. The van der Waals surface area contributed by atoms with Crippen LogP contribution in [0.3, 0.4) is 0 Å². The third-order valence-corrected chi connectivity index (χ3v) is 6.18. The maximum Gasteiger partial charge on any atom is 0.251 e. The number of nitrogens with one attached hydrogen (secondary N) is 4. The summed E-state index contributed by atoms with van der Waals surface area (Å²) in [7, 11) is 0. The van der Waals surface area contributed by atoms with E-state index in [-0.39, 0.29) is 23.2 Å². The molecule has 3 aromatic carbocycles. The second kappa shape index (κ2) is 17.2. The Morgan fingerprint density at radius 1 is 0.682 bits per heavy atom. The van der Waals surface area contributed by atoms with Crippen LogP contribution in [0.15, 0.2) is 72.8 Å². The predicted octanol–water partition coefficient (Wildman–Crippen LogP) is 3.56. The first-order valence-corrected chi connectivity index (χ1v) is 14.2. The van der Waals surface area contributed by atoms with Gasteiger partial charge in [-0.25, -0.2) is 4.39 Å². The Kier molecular flexibility index (Phi) is 12.5. The third-order valence-electron chi connectivity index (χ3n) is 6.18. The molecule has 1 amide bonds. The first kappa shape index (κ1) is 31.9. The fraction of sp³-hybridized carbons (Fsp3) is 0.290. The SMILES string of the molecule is O=C(NCCOCCOCCNc1nc(NCCc2ccc(O)c(O)c2)nc(NCc2cccc(F)c2)n1)c1ccccc1. The molecule has 13 heteroatoms. The molecule has 0 saturated heterocycles. The second-order valence-corrected chi connectivity index (χ2v) is 9.56. The van der Waals surface area contributed by atoms with Crippen LogP contribution in [-0.4, -0.2) is 77.1 Å². The standard InChI is InChI=1S/C31H36FN7O5/c32-25-8-4-5-23(19-25)21-36-31-38-29(34-12-11-22-9-10-26(40)27(41)20-22)37-30(39-31)35-14-16-44-18-17-43-15-13-33-28(42)24-6-2-1-3-7-24/h1-10,19-20,40-41H,11-18,21H2,(H,33,42)(H3,34,35,36,37,38,39). The fourth-order valence-electron chi connectivity index (χ4n) is 3.97. The van der Waals surface area contributed by atoms with E-state index in [0.29, 0.717) is 82.4 Å². The fourth-order valence-corrected chi connectivity index (χ4v) is 3.97. The minimum Gasteiger partial charge on any atom is -0.504 e. The number of carbonyl (C=O) groups is 1. The summed E-state index contributed by atoms with van der Waals surface area (Å²) in [6, 6.07) is 19.9. The molecular formula is C31H36FN7O5. The van der Waals surface area contributed by atoms with Crippen LogP contribution in [0.2, 0.25) is 0 Å². The summed E-state index contributed by atoms with van der Waals surface area (Å²) in [6.07, 6.45) is 0.545. The number of nitrogens with zero attached hydrogens (tertiary/aromatic N) is 3. The van der Waals surface area contributed by atoms with Gasteiger partial charge in [-0.3, -0.25) is 4.79 Å². The quantitative estimate of drug-likeness (QED) is 0.0726. The zero-order chi connectivity index (χ0) is 31.0. The van der Waals surface area contributed by atoms with Crippen LogP contribution in [-0.2, 0) is 22.4 Å². The van der Waals surface area contributed by atoms with E-state index in [0.717, 1.165) is 11.1 Å². The van der Waals surface area contributed by atoms with Crippen molar-refractivity contribution in [2.24, 2.45) is 0 Å². The molecule has 0 aliphatic carbocycles. The predicted molar refractivity (Wildman–Crippen MR) is 164 cm³/mol. The Morgan fingerprint density at radius 2 is 1.36 bits per heavy atom. The number of hydrogen-bond donors (Lipinski definition) is 6. The molecule has 44 heavy (non-hydrogen) atoms. The lowest BCUT2D eigenvalue weighted by molar-refractivity contribution is 0.0519. The Bertz CT molecular complexity index is 1480. The molecule has 0 unspecified atom stereocenters. The number of carbonyl (C=O) groups excluding carboxylic acids is 1. The van der Waals surface area contributed by atoms with E-state index in [1.807, 2.05) is 18.2 Å². The highest BCUT2D eigenvalue weighted by Gasteiger charge is 2.08. The van der Waals surface area contributed by atoms with Gasteiger partial charge in [0, 0.05) is 31.7 Å². The molecule has 0 aliphatic rings. The van der Waals surface area contributed by atoms with Crippen LogP contribution in [0.4, 0.5) is 22.2 Å². The number of rotatable bonds is 18. The Balaban J connectivity index is 1.19. The van der Waals surface area contributed by atoms with Crippen molar-refractivity contribution >= 4 is 23.8 Å². The summed E-state index contributed by atoms with van der Waals surface area (Å²) in [6.45, 7) is 3.10. The summed E-state index contributed by atoms with van der Waals surface area (Å²) in [4.78, 5) is 25.2. The summed E-state index contributed by atoms with van der Waals surface area (Å²) < 4.78 is 24.7. The van der Waals surface area contributed by atoms with Crippen LogP contribution in [0.1, 0.15) is 21.5 Å². The van der Waals surface area contributed by atoms with E-state index in [9.17, 15) is 19.4 Å². The van der Waals surface area contributed by atoms with Crippen LogP contribution in [0.25, 0.3) is 0 Å².